The summed E-state index contributed by atoms with van der Waals surface area (Å²) in [6.07, 6.45) is 1.88. The molecule has 1 N–H and O–H groups in total. The summed E-state index contributed by atoms with van der Waals surface area (Å²) in [4.78, 5) is 2.23. The molecule has 19 heavy (non-hydrogen) atoms. The maximum atomic E-state index is 13.5. The molecule has 0 saturated heterocycles. The van der Waals surface area contributed by atoms with Crippen molar-refractivity contribution in [1.29, 1.82) is 0 Å². The normalized spacial score (nSPS) is 12.5. The number of benzene rings is 1. The van der Waals surface area contributed by atoms with Crippen molar-refractivity contribution in [3.05, 3.63) is 42.2 Å². The van der Waals surface area contributed by atoms with Crippen LogP contribution in [-0.2, 0) is 0 Å². The van der Waals surface area contributed by atoms with Crippen LogP contribution < -0.4 is 10.2 Å². The third-order valence-electron chi connectivity index (χ3n) is 3.22. The van der Waals surface area contributed by atoms with Gasteiger partial charge in [0, 0.05) is 24.3 Å². The Morgan fingerprint density at radius 2 is 2.05 bits per heavy atom. The number of halogens is 1. The van der Waals surface area contributed by atoms with Crippen LogP contribution in [0.15, 0.2) is 30.9 Å². The monoisotopic (exact) mass is 264 g/mol. The first-order valence-electron chi connectivity index (χ1n) is 6.91. The molecule has 1 aromatic rings. The van der Waals surface area contributed by atoms with Crippen LogP contribution >= 0.6 is 0 Å². The Kier molecular flexibility index (Phi) is 6.03. The molecular weight excluding hydrogens is 239 g/mol. The van der Waals surface area contributed by atoms with Gasteiger partial charge in [-0.1, -0.05) is 13.0 Å². The molecule has 1 aromatic carbocycles. The lowest BCUT2D eigenvalue weighted by atomic mass is 10.0. The summed E-state index contributed by atoms with van der Waals surface area (Å²) in [5.74, 6) is -0.189. The molecule has 0 heterocycles. The number of nitrogens with one attached hydrogen (secondary N) is 1. The van der Waals surface area contributed by atoms with Crippen molar-refractivity contribution >= 4 is 5.69 Å². The number of rotatable bonds is 7. The van der Waals surface area contributed by atoms with E-state index in [9.17, 15) is 4.39 Å². The zero-order valence-corrected chi connectivity index (χ0v) is 12.4. The SMILES string of the molecule is C=CCN(c1ccc(F)cc1C(C)NCC)C(C)C. The smallest absolute Gasteiger partial charge is 0.123 e. The number of anilines is 1. The summed E-state index contributed by atoms with van der Waals surface area (Å²) in [7, 11) is 0. The van der Waals surface area contributed by atoms with Crippen LogP contribution in [0, 0.1) is 5.82 Å². The van der Waals surface area contributed by atoms with Gasteiger partial charge in [0.25, 0.3) is 0 Å². The molecule has 0 bridgehead atoms. The number of hydrogen-bond acceptors (Lipinski definition) is 2. The number of nitrogens with zero attached hydrogens (tertiary/aromatic N) is 1. The molecule has 0 aliphatic rings. The summed E-state index contributed by atoms with van der Waals surface area (Å²) >= 11 is 0. The van der Waals surface area contributed by atoms with Crippen molar-refractivity contribution in [2.75, 3.05) is 18.0 Å². The van der Waals surface area contributed by atoms with Crippen LogP contribution in [-0.4, -0.2) is 19.1 Å². The second-order valence-electron chi connectivity index (χ2n) is 5.02. The van der Waals surface area contributed by atoms with E-state index in [-0.39, 0.29) is 11.9 Å². The van der Waals surface area contributed by atoms with Crippen LogP contribution in [0.25, 0.3) is 0 Å². The van der Waals surface area contributed by atoms with Crippen molar-refractivity contribution < 1.29 is 4.39 Å². The van der Waals surface area contributed by atoms with Gasteiger partial charge in [-0.25, -0.2) is 4.39 Å². The molecule has 2 nitrogen and oxygen atoms in total. The Balaban J connectivity index is 3.20. The first kappa shape index (κ1) is 15.7. The largest absolute Gasteiger partial charge is 0.365 e. The van der Waals surface area contributed by atoms with Gasteiger partial charge in [0.2, 0.25) is 0 Å². The van der Waals surface area contributed by atoms with Gasteiger partial charge in [-0.2, -0.15) is 0 Å². The molecule has 3 heteroatoms. The highest BCUT2D eigenvalue weighted by atomic mass is 19.1. The Bertz CT molecular complexity index is 415. The number of hydrogen-bond donors (Lipinski definition) is 1. The minimum atomic E-state index is -0.189. The topological polar surface area (TPSA) is 15.3 Å². The maximum Gasteiger partial charge on any atom is 0.123 e. The van der Waals surface area contributed by atoms with Crippen molar-refractivity contribution in [3.63, 3.8) is 0 Å². The summed E-state index contributed by atoms with van der Waals surface area (Å²) < 4.78 is 13.5. The fraction of sp³-hybridized carbons (Fsp3) is 0.500. The highest BCUT2D eigenvalue weighted by molar-refractivity contribution is 5.56. The second kappa shape index (κ2) is 7.29. The van der Waals surface area contributed by atoms with E-state index in [4.69, 9.17) is 0 Å². The first-order chi connectivity index (χ1) is 9.01. The van der Waals surface area contributed by atoms with E-state index < -0.39 is 0 Å². The average molecular weight is 264 g/mol. The minimum absolute atomic E-state index is 0.127. The molecule has 0 aromatic heterocycles. The fourth-order valence-corrected chi connectivity index (χ4v) is 2.28. The minimum Gasteiger partial charge on any atom is -0.365 e. The zero-order valence-electron chi connectivity index (χ0n) is 12.4. The van der Waals surface area contributed by atoms with Crippen LogP contribution in [0.4, 0.5) is 10.1 Å². The first-order valence-corrected chi connectivity index (χ1v) is 6.91. The van der Waals surface area contributed by atoms with Crippen LogP contribution in [0.5, 0.6) is 0 Å². The molecule has 0 saturated carbocycles. The van der Waals surface area contributed by atoms with Crippen LogP contribution in [0.1, 0.15) is 39.3 Å². The van der Waals surface area contributed by atoms with E-state index in [1.807, 2.05) is 12.1 Å². The lowest BCUT2D eigenvalue weighted by molar-refractivity contribution is 0.578. The molecule has 0 aliphatic heterocycles. The molecule has 0 fully saturated rings. The van der Waals surface area contributed by atoms with Crippen molar-refractivity contribution in [1.82, 2.24) is 5.32 Å². The zero-order chi connectivity index (χ0) is 14.4. The van der Waals surface area contributed by atoms with Crippen molar-refractivity contribution in [3.8, 4) is 0 Å². The van der Waals surface area contributed by atoms with E-state index in [0.717, 1.165) is 24.3 Å². The Morgan fingerprint density at radius 3 is 2.58 bits per heavy atom. The lowest BCUT2D eigenvalue weighted by Crippen LogP contribution is -2.33. The standard InChI is InChI=1S/C16H25FN2/c1-6-10-19(12(3)4)16-9-8-14(17)11-15(16)13(5)18-7-2/h6,8-9,11-13,18H,1,7,10H2,2-5H3. The molecule has 0 radical (unpaired) electrons. The van der Waals surface area contributed by atoms with Crippen LogP contribution in [0.3, 0.4) is 0 Å². The predicted octanol–water partition coefficient (Wildman–Crippen LogP) is 3.90. The predicted molar refractivity (Wildman–Crippen MR) is 81.2 cm³/mol. The van der Waals surface area contributed by atoms with Gasteiger partial charge < -0.3 is 10.2 Å². The maximum absolute atomic E-state index is 13.5. The van der Waals surface area contributed by atoms with Gasteiger partial charge in [0.05, 0.1) is 0 Å². The molecule has 0 aliphatic carbocycles. The molecule has 1 unspecified atom stereocenters. The van der Waals surface area contributed by atoms with Crippen molar-refractivity contribution in [2.24, 2.45) is 0 Å². The molecule has 1 rings (SSSR count). The van der Waals surface area contributed by atoms with Gasteiger partial charge in [-0.3, -0.25) is 0 Å². The van der Waals surface area contributed by atoms with E-state index in [0.29, 0.717) is 6.04 Å². The summed E-state index contributed by atoms with van der Waals surface area (Å²) in [5.41, 5.74) is 2.07. The highest BCUT2D eigenvalue weighted by Gasteiger charge is 2.17. The van der Waals surface area contributed by atoms with E-state index in [2.05, 4.69) is 44.5 Å². The summed E-state index contributed by atoms with van der Waals surface area (Å²) in [5, 5.41) is 3.35. The Morgan fingerprint density at radius 1 is 1.37 bits per heavy atom. The molecular formula is C16H25FN2. The Labute approximate surface area is 116 Å². The second-order valence-corrected chi connectivity index (χ2v) is 5.02. The summed E-state index contributed by atoms with van der Waals surface area (Å²) in [6.45, 7) is 13.8. The average Bonchev–Trinajstić information content (AvgIpc) is 2.36. The van der Waals surface area contributed by atoms with Crippen molar-refractivity contribution in [2.45, 2.75) is 39.8 Å². The van der Waals surface area contributed by atoms with E-state index >= 15 is 0 Å². The fourth-order valence-electron chi connectivity index (χ4n) is 2.28. The van der Waals surface area contributed by atoms with Crippen LogP contribution in [0.2, 0.25) is 0 Å². The molecule has 1 atom stereocenters. The molecule has 106 valence electrons. The van der Waals surface area contributed by atoms with E-state index in [1.165, 1.54) is 6.07 Å². The third-order valence-corrected chi connectivity index (χ3v) is 3.22. The van der Waals surface area contributed by atoms with Gasteiger partial charge in [0.15, 0.2) is 0 Å². The highest BCUT2D eigenvalue weighted by Crippen LogP contribution is 2.28. The summed E-state index contributed by atoms with van der Waals surface area (Å²) in [6, 6.07) is 5.48. The quantitative estimate of drug-likeness (QED) is 0.751. The van der Waals surface area contributed by atoms with Gasteiger partial charge in [-0.05, 0) is 51.1 Å². The lowest BCUT2D eigenvalue weighted by Gasteiger charge is -2.31. The van der Waals surface area contributed by atoms with Gasteiger partial charge >= 0.3 is 0 Å². The Hall–Kier alpha value is -1.35. The van der Waals surface area contributed by atoms with Gasteiger partial charge in [-0.15, -0.1) is 6.58 Å². The molecule has 0 spiro atoms. The van der Waals surface area contributed by atoms with E-state index in [1.54, 1.807) is 6.07 Å². The van der Waals surface area contributed by atoms with Gasteiger partial charge in [0.1, 0.15) is 5.82 Å². The molecule has 0 amide bonds. The third kappa shape index (κ3) is 4.06.